The molecule has 2 aromatic heterocycles. The number of hydrogen-bond donors (Lipinski definition) is 1. The van der Waals surface area contributed by atoms with Crippen molar-refractivity contribution in [1.29, 1.82) is 0 Å². The summed E-state index contributed by atoms with van der Waals surface area (Å²) in [5.74, 6) is -0.132. The molecule has 2 aromatic carbocycles. The number of benzene rings is 2. The Morgan fingerprint density at radius 1 is 1.00 bits per heavy atom. The fourth-order valence-corrected chi connectivity index (χ4v) is 5.02. The number of hydrogen-bond acceptors (Lipinski definition) is 7. The van der Waals surface area contributed by atoms with Gasteiger partial charge in [-0.05, 0) is 51.1 Å². The van der Waals surface area contributed by atoms with Crippen LogP contribution in [0.1, 0.15) is 28.7 Å². The molecule has 34 heavy (non-hydrogen) atoms. The van der Waals surface area contributed by atoms with Gasteiger partial charge in [-0.1, -0.05) is 36.4 Å². The molecule has 1 N–H and O–H groups in total. The minimum Gasteiger partial charge on any atom is -0.462 e. The van der Waals surface area contributed by atoms with Gasteiger partial charge in [-0.3, -0.25) is 4.72 Å². The van der Waals surface area contributed by atoms with Crippen molar-refractivity contribution in [2.45, 2.75) is 25.7 Å². The number of esters is 1. The first-order chi connectivity index (χ1) is 16.3. The minimum absolute atomic E-state index is 0.0305. The molecule has 0 atom stereocenters. The van der Waals surface area contributed by atoms with Crippen LogP contribution in [0.4, 0.5) is 5.69 Å². The highest BCUT2D eigenvalue weighted by Gasteiger charge is 2.26. The first-order valence-corrected chi connectivity index (χ1v) is 12.0. The van der Waals surface area contributed by atoms with E-state index in [2.05, 4.69) is 20.0 Å². The molecule has 0 aliphatic carbocycles. The van der Waals surface area contributed by atoms with Gasteiger partial charge in [-0.25, -0.2) is 17.9 Å². The normalized spacial score (nSPS) is 11.3. The number of carbonyl (C=O) groups excluding carboxylic acids is 1. The number of aryl methyl sites for hydroxylation is 1. The predicted molar refractivity (Wildman–Crippen MR) is 127 cm³/mol. The summed E-state index contributed by atoms with van der Waals surface area (Å²) < 4.78 is 35.4. The average Bonchev–Trinajstić information content (AvgIpc) is 3.14. The first-order valence-electron chi connectivity index (χ1n) is 10.6. The summed E-state index contributed by atoms with van der Waals surface area (Å²) in [6.07, 6.45) is 0. The molecule has 0 spiro atoms. The van der Waals surface area contributed by atoms with Crippen molar-refractivity contribution < 1.29 is 17.9 Å². The fourth-order valence-electron chi connectivity index (χ4n) is 3.57. The molecule has 0 radical (unpaired) electrons. The van der Waals surface area contributed by atoms with E-state index in [1.54, 1.807) is 51.1 Å². The zero-order valence-corrected chi connectivity index (χ0v) is 19.7. The summed E-state index contributed by atoms with van der Waals surface area (Å²) in [7, 11) is -4.00. The number of sulfonamides is 1. The number of nitrogens with zero attached hydrogens (tertiary/aromatic N) is 4. The Bertz CT molecular complexity index is 1430. The van der Waals surface area contributed by atoms with Crippen molar-refractivity contribution in [3.05, 3.63) is 83.7 Å². The lowest BCUT2D eigenvalue weighted by atomic mass is 10.1. The van der Waals surface area contributed by atoms with Crippen molar-refractivity contribution in [1.82, 2.24) is 20.0 Å². The first kappa shape index (κ1) is 23.1. The third-order valence-corrected chi connectivity index (χ3v) is 6.69. The minimum atomic E-state index is -4.00. The third-order valence-electron chi connectivity index (χ3n) is 5.06. The SMILES string of the molecule is CCOC(=O)c1cccc(NS(=O)(=O)c2c(C)nn(-c3ccc(-c4ccccc4)nn3)c2C)c1. The van der Waals surface area contributed by atoms with Crippen molar-refractivity contribution in [2.75, 3.05) is 11.3 Å². The zero-order valence-electron chi connectivity index (χ0n) is 18.9. The van der Waals surface area contributed by atoms with Gasteiger partial charge in [0.25, 0.3) is 10.0 Å². The second kappa shape index (κ2) is 9.44. The molecule has 0 bridgehead atoms. The maximum Gasteiger partial charge on any atom is 0.338 e. The summed E-state index contributed by atoms with van der Waals surface area (Å²) in [5, 5.41) is 12.9. The van der Waals surface area contributed by atoms with Crippen LogP contribution in [0.15, 0.2) is 71.6 Å². The van der Waals surface area contributed by atoms with E-state index < -0.39 is 16.0 Å². The summed E-state index contributed by atoms with van der Waals surface area (Å²) in [5.41, 5.74) is 2.80. The van der Waals surface area contributed by atoms with E-state index >= 15 is 0 Å². The molecule has 0 saturated carbocycles. The van der Waals surface area contributed by atoms with E-state index in [0.29, 0.717) is 22.9 Å². The number of anilines is 1. The number of nitrogens with one attached hydrogen (secondary N) is 1. The molecule has 9 nitrogen and oxygen atoms in total. The Labute approximate surface area is 197 Å². The van der Waals surface area contributed by atoms with Crippen LogP contribution in [-0.2, 0) is 14.8 Å². The van der Waals surface area contributed by atoms with Crippen molar-refractivity contribution in [3.63, 3.8) is 0 Å². The van der Waals surface area contributed by atoms with Gasteiger partial charge < -0.3 is 4.74 Å². The van der Waals surface area contributed by atoms with Crippen LogP contribution in [0.3, 0.4) is 0 Å². The molecule has 4 aromatic rings. The van der Waals surface area contributed by atoms with Crippen LogP contribution >= 0.6 is 0 Å². The molecule has 0 saturated heterocycles. The average molecular weight is 478 g/mol. The van der Waals surface area contributed by atoms with Gasteiger partial charge in [-0.15, -0.1) is 10.2 Å². The van der Waals surface area contributed by atoms with Gasteiger partial charge in [-0.2, -0.15) is 5.10 Å². The maximum absolute atomic E-state index is 13.2. The van der Waals surface area contributed by atoms with Crippen molar-refractivity contribution in [3.8, 4) is 17.1 Å². The van der Waals surface area contributed by atoms with Crippen LogP contribution in [0, 0.1) is 13.8 Å². The topological polar surface area (TPSA) is 116 Å². The molecule has 0 aliphatic rings. The van der Waals surface area contributed by atoms with Gasteiger partial charge in [0, 0.05) is 11.3 Å². The fraction of sp³-hybridized carbons (Fsp3) is 0.167. The van der Waals surface area contributed by atoms with Gasteiger partial charge >= 0.3 is 5.97 Å². The Balaban J connectivity index is 1.63. The summed E-state index contributed by atoms with van der Waals surface area (Å²) in [6, 6.07) is 19.3. The van der Waals surface area contributed by atoms with Crippen LogP contribution in [-0.4, -0.2) is 41.0 Å². The number of aromatic nitrogens is 4. The number of ether oxygens (including phenoxy) is 1. The molecule has 2 heterocycles. The number of carbonyl (C=O) groups is 1. The molecular weight excluding hydrogens is 454 g/mol. The van der Waals surface area contributed by atoms with E-state index in [9.17, 15) is 13.2 Å². The highest BCUT2D eigenvalue weighted by Crippen LogP contribution is 2.25. The van der Waals surface area contributed by atoms with E-state index in [0.717, 1.165) is 5.56 Å². The zero-order chi connectivity index (χ0) is 24.3. The molecule has 0 fully saturated rings. The van der Waals surface area contributed by atoms with Gasteiger partial charge in [0.2, 0.25) is 0 Å². The van der Waals surface area contributed by atoms with Gasteiger partial charge in [0.05, 0.1) is 29.3 Å². The maximum atomic E-state index is 13.2. The number of rotatable bonds is 7. The van der Waals surface area contributed by atoms with E-state index in [1.807, 2.05) is 30.3 Å². The van der Waals surface area contributed by atoms with Crippen LogP contribution < -0.4 is 4.72 Å². The van der Waals surface area contributed by atoms with Crippen molar-refractivity contribution >= 4 is 21.7 Å². The Morgan fingerprint density at radius 3 is 2.44 bits per heavy atom. The van der Waals surface area contributed by atoms with Crippen LogP contribution in [0.2, 0.25) is 0 Å². The lowest BCUT2D eigenvalue weighted by Crippen LogP contribution is -2.15. The smallest absolute Gasteiger partial charge is 0.338 e. The monoisotopic (exact) mass is 477 g/mol. The Kier molecular flexibility index (Phi) is 6.42. The third kappa shape index (κ3) is 4.67. The summed E-state index contributed by atoms with van der Waals surface area (Å²) >= 11 is 0. The molecule has 0 unspecified atom stereocenters. The second-order valence-electron chi connectivity index (χ2n) is 7.46. The standard InChI is InChI=1S/C24H23N5O4S/c1-4-33-24(30)19-11-8-12-20(15-19)28-34(31,32)23-16(2)27-29(17(23)3)22-14-13-21(25-26-22)18-9-6-5-7-10-18/h5-15,28H,4H2,1-3H3. The molecule has 0 aliphatic heterocycles. The molecule has 4 rings (SSSR count). The Hall–Kier alpha value is -4.05. The molecular formula is C24H23N5O4S. The van der Waals surface area contributed by atoms with Gasteiger partial charge in [0.1, 0.15) is 4.90 Å². The largest absolute Gasteiger partial charge is 0.462 e. The highest BCUT2D eigenvalue weighted by molar-refractivity contribution is 7.92. The highest BCUT2D eigenvalue weighted by atomic mass is 32.2. The summed E-state index contributed by atoms with van der Waals surface area (Å²) in [4.78, 5) is 12.0. The Morgan fingerprint density at radius 2 is 1.76 bits per heavy atom. The van der Waals surface area contributed by atoms with Crippen molar-refractivity contribution in [2.24, 2.45) is 0 Å². The van der Waals surface area contributed by atoms with Gasteiger partial charge in [0.15, 0.2) is 5.82 Å². The second-order valence-corrected chi connectivity index (χ2v) is 9.08. The summed E-state index contributed by atoms with van der Waals surface area (Å²) in [6.45, 7) is 5.18. The molecule has 0 amide bonds. The quantitative estimate of drug-likeness (QED) is 0.401. The van der Waals surface area contributed by atoms with E-state index in [4.69, 9.17) is 4.74 Å². The lowest BCUT2D eigenvalue weighted by molar-refractivity contribution is 0.0526. The van der Waals surface area contributed by atoms with E-state index in [1.165, 1.54) is 10.7 Å². The molecule has 10 heteroatoms. The predicted octanol–water partition coefficient (Wildman–Crippen LogP) is 3.92. The van der Waals surface area contributed by atoms with Crippen LogP contribution in [0.25, 0.3) is 17.1 Å². The van der Waals surface area contributed by atoms with E-state index in [-0.39, 0.29) is 22.8 Å². The molecule has 174 valence electrons. The lowest BCUT2D eigenvalue weighted by Gasteiger charge is -2.10. The van der Waals surface area contributed by atoms with Crippen LogP contribution in [0.5, 0.6) is 0 Å².